The molecule has 1 aromatic heterocycles. The zero-order valence-corrected chi connectivity index (χ0v) is 15.4. The Labute approximate surface area is 155 Å². The molecule has 2 atom stereocenters. The molecule has 2 unspecified atom stereocenters. The molecule has 26 heavy (non-hydrogen) atoms. The van der Waals surface area contributed by atoms with Gasteiger partial charge >= 0.3 is 5.97 Å². The van der Waals surface area contributed by atoms with E-state index in [2.05, 4.69) is 5.32 Å². The Morgan fingerprint density at radius 1 is 1.27 bits per heavy atom. The Balaban J connectivity index is 1.81. The first kappa shape index (κ1) is 18.1. The molecule has 0 radical (unpaired) electrons. The Kier molecular flexibility index (Phi) is 5.08. The zero-order valence-electron chi connectivity index (χ0n) is 14.6. The maximum atomic E-state index is 12.6. The van der Waals surface area contributed by atoms with E-state index >= 15 is 0 Å². The van der Waals surface area contributed by atoms with E-state index in [0.29, 0.717) is 10.6 Å². The van der Waals surface area contributed by atoms with Gasteiger partial charge in [-0.2, -0.15) is 0 Å². The third-order valence-electron chi connectivity index (χ3n) is 4.44. The van der Waals surface area contributed by atoms with Crippen molar-refractivity contribution in [3.63, 3.8) is 0 Å². The largest absolute Gasteiger partial charge is 0.462 e. The normalized spacial score (nSPS) is 18.2. The van der Waals surface area contributed by atoms with Crippen LogP contribution in [0, 0.1) is 12.8 Å². The Morgan fingerprint density at radius 3 is 2.58 bits per heavy atom. The molecule has 1 aromatic carbocycles. The summed E-state index contributed by atoms with van der Waals surface area (Å²) >= 11 is 1.01. The van der Waals surface area contributed by atoms with E-state index in [-0.39, 0.29) is 34.8 Å². The van der Waals surface area contributed by atoms with E-state index in [1.165, 1.54) is 0 Å². The first-order chi connectivity index (χ1) is 12.4. The average molecular weight is 372 g/mol. The number of amides is 2. The number of primary amides is 1. The molecule has 136 valence electrons. The van der Waals surface area contributed by atoms with Crippen molar-refractivity contribution in [3.05, 3.63) is 51.9 Å². The lowest BCUT2D eigenvalue weighted by Gasteiger charge is -2.07. The third kappa shape index (κ3) is 3.48. The van der Waals surface area contributed by atoms with Crippen LogP contribution >= 0.6 is 11.3 Å². The number of carbonyl (C=O) groups is 3. The van der Waals surface area contributed by atoms with Gasteiger partial charge in [-0.3, -0.25) is 9.59 Å². The first-order valence-electron chi connectivity index (χ1n) is 8.40. The smallest absolute Gasteiger partial charge is 0.341 e. The predicted molar refractivity (Wildman–Crippen MR) is 99.5 cm³/mol. The van der Waals surface area contributed by atoms with E-state index in [1.54, 1.807) is 13.8 Å². The van der Waals surface area contributed by atoms with Gasteiger partial charge in [-0.25, -0.2) is 4.79 Å². The van der Waals surface area contributed by atoms with E-state index < -0.39 is 11.9 Å². The Hall–Kier alpha value is -2.67. The molecular formula is C19H20N2O4S. The SMILES string of the molecule is CCOC(=O)c1c(NC(=O)C2CC2c2ccccc2)sc(C(N)=O)c1C. The fourth-order valence-electron chi connectivity index (χ4n) is 3.04. The number of rotatable bonds is 6. The zero-order chi connectivity index (χ0) is 18.8. The summed E-state index contributed by atoms with van der Waals surface area (Å²) in [5.74, 6) is -1.33. The van der Waals surface area contributed by atoms with Crippen molar-refractivity contribution in [2.45, 2.75) is 26.2 Å². The number of ether oxygens (including phenoxy) is 1. The van der Waals surface area contributed by atoms with Crippen molar-refractivity contribution in [1.29, 1.82) is 0 Å². The predicted octanol–water partition coefficient (Wildman–Crippen LogP) is 3.07. The number of esters is 1. The maximum absolute atomic E-state index is 12.6. The summed E-state index contributed by atoms with van der Waals surface area (Å²) in [6, 6.07) is 9.84. The van der Waals surface area contributed by atoms with E-state index in [0.717, 1.165) is 23.3 Å². The second-order valence-electron chi connectivity index (χ2n) is 6.19. The summed E-state index contributed by atoms with van der Waals surface area (Å²) in [5.41, 5.74) is 7.14. The van der Waals surface area contributed by atoms with Gasteiger partial charge in [-0.05, 0) is 37.3 Å². The van der Waals surface area contributed by atoms with Crippen molar-refractivity contribution in [3.8, 4) is 0 Å². The Morgan fingerprint density at radius 2 is 1.96 bits per heavy atom. The highest BCUT2D eigenvalue weighted by Gasteiger charge is 2.44. The number of nitrogens with two attached hydrogens (primary N) is 1. The molecule has 6 nitrogen and oxygen atoms in total. The number of benzene rings is 1. The summed E-state index contributed by atoms with van der Waals surface area (Å²) in [7, 11) is 0. The van der Waals surface area contributed by atoms with Crippen LogP contribution in [-0.4, -0.2) is 24.4 Å². The highest BCUT2D eigenvalue weighted by atomic mass is 32.1. The molecule has 1 aliphatic carbocycles. The molecule has 2 amide bonds. The second kappa shape index (κ2) is 7.29. The number of hydrogen-bond donors (Lipinski definition) is 2. The second-order valence-corrected chi connectivity index (χ2v) is 7.21. The van der Waals surface area contributed by atoms with Crippen molar-refractivity contribution in [1.82, 2.24) is 0 Å². The first-order valence-corrected chi connectivity index (χ1v) is 9.21. The van der Waals surface area contributed by atoms with Crippen LogP contribution in [0.3, 0.4) is 0 Å². The van der Waals surface area contributed by atoms with Gasteiger partial charge in [0.1, 0.15) is 5.00 Å². The van der Waals surface area contributed by atoms with Gasteiger partial charge in [0.15, 0.2) is 0 Å². The molecule has 1 heterocycles. The summed E-state index contributed by atoms with van der Waals surface area (Å²) in [6.07, 6.45) is 0.762. The van der Waals surface area contributed by atoms with Crippen molar-refractivity contribution < 1.29 is 19.1 Å². The van der Waals surface area contributed by atoms with E-state index in [1.807, 2.05) is 30.3 Å². The molecule has 1 saturated carbocycles. The van der Waals surface area contributed by atoms with Crippen LogP contribution in [0.15, 0.2) is 30.3 Å². The number of nitrogens with one attached hydrogen (secondary N) is 1. The minimum atomic E-state index is -0.632. The lowest BCUT2D eigenvalue weighted by atomic mass is 10.1. The van der Waals surface area contributed by atoms with Crippen LogP contribution in [0.4, 0.5) is 5.00 Å². The molecule has 2 aromatic rings. The van der Waals surface area contributed by atoms with Crippen molar-refractivity contribution in [2.75, 3.05) is 11.9 Å². The topological polar surface area (TPSA) is 98.5 Å². The van der Waals surface area contributed by atoms with Gasteiger partial charge in [0.2, 0.25) is 5.91 Å². The minimum absolute atomic E-state index is 0.146. The monoisotopic (exact) mass is 372 g/mol. The fraction of sp³-hybridized carbons (Fsp3) is 0.316. The molecule has 0 spiro atoms. The molecule has 7 heteroatoms. The molecule has 3 N–H and O–H groups in total. The lowest BCUT2D eigenvalue weighted by molar-refractivity contribution is -0.117. The highest BCUT2D eigenvalue weighted by Crippen LogP contribution is 2.48. The Bertz CT molecular complexity index is 860. The average Bonchev–Trinajstić information content (AvgIpc) is 3.34. The van der Waals surface area contributed by atoms with Crippen LogP contribution in [0.5, 0.6) is 0 Å². The standard InChI is InChI=1S/C19H20N2O4S/c1-3-25-19(24)14-10(2)15(16(20)22)26-18(14)21-17(23)13-9-12(13)11-7-5-4-6-8-11/h4-8,12-13H,3,9H2,1-2H3,(H2,20,22)(H,21,23). The van der Waals surface area contributed by atoms with Gasteiger partial charge < -0.3 is 15.8 Å². The van der Waals surface area contributed by atoms with Gasteiger partial charge in [0, 0.05) is 5.92 Å². The molecule has 0 saturated heterocycles. The summed E-state index contributed by atoms with van der Waals surface area (Å²) in [4.78, 5) is 36.7. The van der Waals surface area contributed by atoms with Crippen LogP contribution in [0.2, 0.25) is 0 Å². The number of thiophene rings is 1. The van der Waals surface area contributed by atoms with Crippen molar-refractivity contribution >= 4 is 34.1 Å². The lowest BCUT2D eigenvalue weighted by Crippen LogP contribution is -2.17. The number of hydrogen-bond acceptors (Lipinski definition) is 5. The highest BCUT2D eigenvalue weighted by molar-refractivity contribution is 7.18. The fourth-order valence-corrected chi connectivity index (χ4v) is 4.09. The minimum Gasteiger partial charge on any atom is -0.462 e. The summed E-state index contributed by atoms with van der Waals surface area (Å²) in [6.45, 7) is 3.52. The van der Waals surface area contributed by atoms with Crippen LogP contribution < -0.4 is 11.1 Å². The molecular weight excluding hydrogens is 352 g/mol. The third-order valence-corrected chi connectivity index (χ3v) is 5.66. The van der Waals surface area contributed by atoms with Gasteiger partial charge in [0.05, 0.1) is 17.0 Å². The van der Waals surface area contributed by atoms with Crippen LogP contribution in [0.1, 0.15) is 50.4 Å². The maximum Gasteiger partial charge on any atom is 0.341 e. The molecule has 0 aliphatic heterocycles. The molecule has 3 rings (SSSR count). The summed E-state index contributed by atoms with van der Waals surface area (Å²) < 4.78 is 5.05. The van der Waals surface area contributed by atoms with E-state index in [4.69, 9.17) is 10.5 Å². The van der Waals surface area contributed by atoms with Gasteiger partial charge in [0.25, 0.3) is 5.91 Å². The molecule has 1 aliphatic rings. The number of anilines is 1. The van der Waals surface area contributed by atoms with Gasteiger partial charge in [-0.15, -0.1) is 11.3 Å². The van der Waals surface area contributed by atoms with E-state index in [9.17, 15) is 14.4 Å². The van der Waals surface area contributed by atoms with Crippen LogP contribution in [-0.2, 0) is 9.53 Å². The van der Waals surface area contributed by atoms with Crippen LogP contribution in [0.25, 0.3) is 0 Å². The number of carbonyl (C=O) groups excluding carboxylic acids is 3. The molecule has 0 bridgehead atoms. The summed E-state index contributed by atoms with van der Waals surface area (Å²) in [5, 5.41) is 3.12. The molecule has 1 fully saturated rings. The van der Waals surface area contributed by atoms with Crippen molar-refractivity contribution in [2.24, 2.45) is 11.7 Å². The quantitative estimate of drug-likeness (QED) is 0.761. The van der Waals surface area contributed by atoms with Gasteiger partial charge in [-0.1, -0.05) is 30.3 Å².